The zero-order valence-corrected chi connectivity index (χ0v) is 14.6. The van der Waals surface area contributed by atoms with E-state index >= 15 is 0 Å². The molecule has 0 radical (unpaired) electrons. The molecule has 0 spiro atoms. The lowest BCUT2D eigenvalue weighted by molar-refractivity contribution is 0.360. The Hall–Kier alpha value is -1.12. The lowest BCUT2D eigenvalue weighted by Gasteiger charge is -2.29. The van der Waals surface area contributed by atoms with E-state index in [0.29, 0.717) is 0 Å². The summed E-state index contributed by atoms with van der Waals surface area (Å²) in [6, 6.07) is 0. The molecule has 0 amide bonds. The van der Waals surface area contributed by atoms with Crippen molar-refractivity contribution in [3.63, 3.8) is 0 Å². The Morgan fingerprint density at radius 1 is 1.05 bits per heavy atom. The van der Waals surface area contributed by atoms with Gasteiger partial charge in [-0.05, 0) is 18.5 Å². The molecule has 118 valence electrons. The van der Waals surface area contributed by atoms with Gasteiger partial charge in [-0.2, -0.15) is 0 Å². The molecule has 1 atom stereocenters. The van der Waals surface area contributed by atoms with Crippen LogP contribution in [0.5, 0.6) is 0 Å². The highest BCUT2D eigenvalue weighted by Gasteiger charge is 2.29. The Morgan fingerprint density at radius 2 is 1.67 bits per heavy atom. The van der Waals surface area contributed by atoms with Gasteiger partial charge in [0, 0.05) is 11.6 Å². The number of unbranched alkanes of at least 4 members (excludes halogenated alkanes) is 4. The molecule has 0 saturated heterocycles. The van der Waals surface area contributed by atoms with Crippen molar-refractivity contribution in [2.75, 3.05) is 0 Å². The number of amidine groups is 1. The van der Waals surface area contributed by atoms with Gasteiger partial charge in [0.25, 0.3) is 0 Å². The molecule has 0 bridgehead atoms. The van der Waals surface area contributed by atoms with E-state index in [0.717, 1.165) is 24.3 Å². The molecule has 1 unspecified atom stereocenters. The Kier molecular flexibility index (Phi) is 10.9. The maximum Gasteiger partial charge on any atom is 0.163 e. The monoisotopic (exact) mass is 288 g/mol. The topological polar surface area (TPSA) is 24.7 Å². The van der Waals surface area contributed by atoms with E-state index in [1.165, 1.54) is 38.5 Å². The normalized spacial score (nSPS) is 15.6. The average Bonchev–Trinajstić information content (AvgIpc) is 2.49. The molecule has 0 aliphatic heterocycles. The van der Waals surface area contributed by atoms with E-state index in [1.54, 1.807) is 12.3 Å². The first-order valence-electron chi connectivity index (χ1n) is 8.41. The fourth-order valence-corrected chi connectivity index (χ4v) is 2.48. The third kappa shape index (κ3) is 8.04. The van der Waals surface area contributed by atoms with Crippen molar-refractivity contribution in [2.24, 2.45) is 15.4 Å². The summed E-state index contributed by atoms with van der Waals surface area (Å²) in [4.78, 5) is 9.17. The third-order valence-corrected chi connectivity index (χ3v) is 4.00. The molecule has 21 heavy (non-hydrogen) atoms. The van der Waals surface area contributed by atoms with E-state index in [2.05, 4.69) is 43.9 Å². The first-order chi connectivity index (χ1) is 10.0. The molecule has 0 heterocycles. The Morgan fingerprint density at radius 3 is 2.19 bits per heavy atom. The van der Waals surface area contributed by atoms with Gasteiger partial charge >= 0.3 is 0 Å². The van der Waals surface area contributed by atoms with Crippen LogP contribution >= 0.6 is 0 Å². The van der Waals surface area contributed by atoms with Crippen LogP contribution < -0.4 is 0 Å². The molecule has 0 saturated carbocycles. The molecule has 0 N–H and O–H groups in total. The maximum absolute atomic E-state index is 4.69. The number of allylic oxidation sites excluding steroid dienone is 1. The molecule has 3 heteroatoms. The second-order valence-electron chi connectivity index (χ2n) is 6.07. The van der Waals surface area contributed by atoms with Crippen molar-refractivity contribution in [2.45, 2.75) is 72.1 Å². The van der Waals surface area contributed by atoms with Crippen molar-refractivity contribution < 1.29 is 0 Å². The standard InChI is InChI=1S/C18H33BN2/c1-6-10-12-13-15-18(5,14-11-7-2)17(20-9-4)21-16(19)8-3/h8-9H,3-4,6-7,10-15,19H2,1-2,5H3/b20-17-,21-16+. The van der Waals surface area contributed by atoms with E-state index in [4.69, 9.17) is 0 Å². The highest BCUT2D eigenvalue weighted by molar-refractivity contribution is 6.63. The molecule has 0 aliphatic rings. The third-order valence-electron chi connectivity index (χ3n) is 4.00. The van der Waals surface area contributed by atoms with Crippen LogP contribution in [0.3, 0.4) is 0 Å². The van der Waals surface area contributed by atoms with Crippen LogP contribution in [-0.4, -0.2) is 19.3 Å². The highest BCUT2D eigenvalue weighted by atomic mass is 14.9. The minimum atomic E-state index is 0.0439. The molecule has 0 aliphatic carbocycles. The lowest BCUT2D eigenvalue weighted by Crippen LogP contribution is -2.27. The summed E-state index contributed by atoms with van der Waals surface area (Å²) in [6.07, 6.45) is 13.2. The fourth-order valence-electron chi connectivity index (χ4n) is 2.48. The van der Waals surface area contributed by atoms with Gasteiger partial charge in [-0.3, -0.25) is 0 Å². The van der Waals surface area contributed by atoms with Crippen LogP contribution in [0.15, 0.2) is 35.4 Å². The van der Waals surface area contributed by atoms with Gasteiger partial charge in [0.05, 0.1) is 0 Å². The van der Waals surface area contributed by atoms with Crippen molar-refractivity contribution in [1.82, 2.24) is 0 Å². The molecular weight excluding hydrogens is 255 g/mol. The second kappa shape index (κ2) is 11.5. The van der Waals surface area contributed by atoms with Crippen molar-refractivity contribution in [3.8, 4) is 0 Å². The summed E-state index contributed by atoms with van der Waals surface area (Å²) in [7, 11) is 1.98. The fraction of sp³-hybridized carbons (Fsp3) is 0.667. The predicted molar refractivity (Wildman–Crippen MR) is 100 cm³/mol. The van der Waals surface area contributed by atoms with E-state index in [9.17, 15) is 0 Å². The largest absolute Gasteiger partial charge is 0.248 e. The molecule has 2 nitrogen and oxygen atoms in total. The summed E-state index contributed by atoms with van der Waals surface area (Å²) in [5, 5.41) is 0. The number of nitrogens with zero attached hydrogens (tertiary/aromatic N) is 2. The average molecular weight is 288 g/mol. The van der Waals surface area contributed by atoms with Gasteiger partial charge in [0.2, 0.25) is 0 Å². The van der Waals surface area contributed by atoms with E-state index in [-0.39, 0.29) is 5.41 Å². The van der Waals surface area contributed by atoms with Crippen LogP contribution in [0.25, 0.3) is 0 Å². The van der Waals surface area contributed by atoms with Gasteiger partial charge in [0.15, 0.2) is 7.85 Å². The maximum atomic E-state index is 4.69. The first-order valence-corrected chi connectivity index (χ1v) is 8.41. The zero-order valence-electron chi connectivity index (χ0n) is 14.6. The van der Waals surface area contributed by atoms with Gasteiger partial charge in [-0.1, -0.05) is 78.5 Å². The Balaban J connectivity index is 5.15. The van der Waals surface area contributed by atoms with Gasteiger partial charge in [-0.15, -0.1) is 0 Å². The van der Waals surface area contributed by atoms with Gasteiger partial charge < -0.3 is 0 Å². The van der Waals surface area contributed by atoms with Crippen LogP contribution in [-0.2, 0) is 0 Å². The summed E-state index contributed by atoms with van der Waals surface area (Å²) in [5.41, 5.74) is 0.967. The quantitative estimate of drug-likeness (QED) is 0.223. The number of rotatable bonds is 11. The summed E-state index contributed by atoms with van der Waals surface area (Å²) < 4.78 is 0. The molecule has 0 fully saturated rings. The van der Waals surface area contributed by atoms with Crippen LogP contribution in [0.2, 0.25) is 0 Å². The Labute approximate surface area is 133 Å². The van der Waals surface area contributed by atoms with Gasteiger partial charge in [0.1, 0.15) is 5.84 Å². The summed E-state index contributed by atoms with van der Waals surface area (Å²) in [5.74, 6) is 0.917. The van der Waals surface area contributed by atoms with Gasteiger partial charge in [-0.25, -0.2) is 9.98 Å². The van der Waals surface area contributed by atoms with E-state index in [1.807, 2.05) is 7.85 Å². The smallest absolute Gasteiger partial charge is 0.163 e. The zero-order chi connectivity index (χ0) is 16.1. The number of hydrogen-bond donors (Lipinski definition) is 0. The Bertz CT molecular complexity index is 371. The van der Waals surface area contributed by atoms with Crippen LogP contribution in [0.1, 0.15) is 72.1 Å². The second-order valence-corrected chi connectivity index (χ2v) is 6.07. The highest BCUT2D eigenvalue weighted by Crippen LogP contribution is 2.33. The molecule has 0 rings (SSSR count). The van der Waals surface area contributed by atoms with Crippen molar-refractivity contribution >= 4 is 19.3 Å². The first kappa shape index (κ1) is 19.9. The van der Waals surface area contributed by atoms with Crippen LogP contribution in [0.4, 0.5) is 0 Å². The van der Waals surface area contributed by atoms with E-state index < -0.39 is 0 Å². The SMILES string of the molecule is B/C(C=C)=N/C(=N\C=C)C(C)(CCCC)CCCCCC. The predicted octanol–water partition coefficient (Wildman–Crippen LogP) is 4.91. The number of aliphatic imine (C=N–C) groups is 2. The minimum Gasteiger partial charge on any atom is -0.248 e. The lowest BCUT2D eigenvalue weighted by atomic mass is 9.78. The molecule has 0 aromatic rings. The summed E-state index contributed by atoms with van der Waals surface area (Å²) in [6.45, 7) is 14.3. The molecular formula is C18H33BN2. The summed E-state index contributed by atoms with van der Waals surface area (Å²) >= 11 is 0. The van der Waals surface area contributed by atoms with Crippen molar-refractivity contribution in [1.29, 1.82) is 0 Å². The van der Waals surface area contributed by atoms with Crippen molar-refractivity contribution in [3.05, 3.63) is 25.4 Å². The number of hydrogen-bond acceptors (Lipinski definition) is 1. The molecule has 0 aromatic heterocycles. The molecule has 0 aromatic carbocycles. The van der Waals surface area contributed by atoms with Crippen LogP contribution in [0, 0.1) is 5.41 Å². The minimum absolute atomic E-state index is 0.0439.